The molecule has 1 heterocycles. The fraction of sp³-hybridized carbons (Fsp3) is 0.167. The Hall–Kier alpha value is -3.40. The Morgan fingerprint density at radius 2 is 1.54 bits per heavy atom. The van der Waals surface area contributed by atoms with Gasteiger partial charge in [0.1, 0.15) is 5.82 Å². The topological polar surface area (TPSA) is 49.8 Å². The second kappa shape index (κ2) is 8.09. The van der Waals surface area contributed by atoms with Gasteiger partial charge in [-0.3, -0.25) is 0 Å². The zero-order chi connectivity index (χ0) is 19.3. The van der Waals surface area contributed by atoms with Crippen molar-refractivity contribution in [1.29, 1.82) is 0 Å². The second-order valence-corrected chi connectivity index (χ2v) is 7.03. The van der Waals surface area contributed by atoms with Crippen LogP contribution in [0.15, 0.2) is 78.9 Å². The van der Waals surface area contributed by atoms with E-state index in [-0.39, 0.29) is 6.04 Å². The lowest BCUT2D eigenvalue weighted by Gasteiger charge is -2.17. The van der Waals surface area contributed by atoms with Gasteiger partial charge in [0, 0.05) is 18.0 Å². The molecule has 0 aliphatic heterocycles. The number of nitrogens with one attached hydrogen (secondary N) is 2. The van der Waals surface area contributed by atoms with E-state index in [1.807, 2.05) is 24.3 Å². The summed E-state index contributed by atoms with van der Waals surface area (Å²) in [4.78, 5) is 9.45. The van der Waals surface area contributed by atoms with Crippen molar-refractivity contribution in [1.82, 2.24) is 9.97 Å². The van der Waals surface area contributed by atoms with Gasteiger partial charge in [0.05, 0.1) is 5.52 Å². The van der Waals surface area contributed by atoms with Crippen LogP contribution in [-0.2, 0) is 6.54 Å². The van der Waals surface area contributed by atoms with E-state index >= 15 is 0 Å². The number of fused-ring (bicyclic) bond motifs is 1. The molecule has 0 saturated carbocycles. The number of nitrogens with zero attached hydrogens (tertiary/aromatic N) is 2. The molecule has 1 aromatic heterocycles. The molecule has 28 heavy (non-hydrogen) atoms. The zero-order valence-corrected chi connectivity index (χ0v) is 16.2. The van der Waals surface area contributed by atoms with Crippen molar-refractivity contribution in [3.63, 3.8) is 0 Å². The monoisotopic (exact) mass is 368 g/mol. The summed E-state index contributed by atoms with van der Waals surface area (Å²) in [6.45, 7) is 4.92. The van der Waals surface area contributed by atoms with Gasteiger partial charge in [0.2, 0.25) is 5.95 Å². The fourth-order valence-electron chi connectivity index (χ4n) is 3.18. The molecule has 4 rings (SSSR count). The normalized spacial score (nSPS) is 11.9. The fourth-order valence-corrected chi connectivity index (χ4v) is 3.18. The van der Waals surface area contributed by atoms with E-state index in [4.69, 9.17) is 4.98 Å². The van der Waals surface area contributed by atoms with Crippen LogP contribution in [0.1, 0.15) is 29.7 Å². The Kier molecular flexibility index (Phi) is 5.20. The molecule has 1 atom stereocenters. The number of benzene rings is 3. The smallest absolute Gasteiger partial charge is 0.225 e. The van der Waals surface area contributed by atoms with Crippen molar-refractivity contribution in [3.05, 3.63) is 95.6 Å². The minimum absolute atomic E-state index is 0.143. The van der Waals surface area contributed by atoms with E-state index in [9.17, 15) is 0 Å². The van der Waals surface area contributed by atoms with Gasteiger partial charge in [-0.1, -0.05) is 72.3 Å². The van der Waals surface area contributed by atoms with Gasteiger partial charge in [-0.15, -0.1) is 0 Å². The Bertz CT molecular complexity index is 1060. The summed E-state index contributed by atoms with van der Waals surface area (Å²) in [5.41, 5.74) is 4.60. The Morgan fingerprint density at radius 3 is 2.32 bits per heavy atom. The van der Waals surface area contributed by atoms with E-state index in [1.54, 1.807) is 0 Å². The first-order chi connectivity index (χ1) is 13.7. The molecular weight excluding hydrogens is 344 g/mol. The van der Waals surface area contributed by atoms with Crippen LogP contribution in [0, 0.1) is 6.92 Å². The molecule has 4 heteroatoms. The lowest BCUT2D eigenvalue weighted by molar-refractivity contribution is 0.875. The molecule has 0 spiro atoms. The van der Waals surface area contributed by atoms with Crippen LogP contribution in [0.4, 0.5) is 11.8 Å². The van der Waals surface area contributed by atoms with E-state index in [2.05, 4.69) is 84.1 Å². The highest BCUT2D eigenvalue weighted by Crippen LogP contribution is 2.26. The molecule has 4 aromatic rings. The SMILES string of the molecule is Cc1ccc(CNc2nc(NC(C)c3ccccc3)c3ccccc3n2)cc1. The maximum absolute atomic E-state index is 4.77. The van der Waals surface area contributed by atoms with Crippen molar-refractivity contribution >= 4 is 22.7 Å². The highest BCUT2D eigenvalue weighted by atomic mass is 15.1. The van der Waals surface area contributed by atoms with E-state index in [0.29, 0.717) is 12.5 Å². The van der Waals surface area contributed by atoms with Gasteiger partial charge in [-0.2, -0.15) is 4.98 Å². The molecule has 140 valence electrons. The first kappa shape index (κ1) is 18.0. The summed E-state index contributed by atoms with van der Waals surface area (Å²) in [5.74, 6) is 1.47. The van der Waals surface area contributed by atoms with Crippen LogP contribution in [0.3, 0.4) is 0 Å². The number of aryl methyl sites for hydroxylation is 1. The van der Waals surface area contributed by atoms with Gasteiger partial charge < -0.3 is 10.6 Å². The quantitative estimate of drug-likeness (QED) is 0.457. The molecule has 0 aliphatic rings. The third kappa shape index (κ3) is 4.12. The minimum Gasteiger partial charge on any atom is -0.363 e. The number of aromatic nitrogens is 2. The van der Waals surface area contributed by atoms with E-state index in [0.717, 1.165) is 16.7 Å². The predicted molar refractivity (Wildman–Crippen MR) is 117 cm³/mol. The molecule has 0 radical (unpaired) electrons. The van der Waals surface area contributed by atoms with Gasteiger partial charge in [0.15, 0.2) is 0 Å². The highest BCUT2D eigenvalue weighted by molar-refractivity contribution is 5.90. The summed E-state index contributed by atoms with van der Waals surface area (Å²) in [5, 5.41) is 7.94. The summed E-state index contributed by atoms with van der Waals surface area (Å²) in [6, 6.07) is 27.1. The molecule has 0 saturated heterocycles. The van der Waals surface area contributed by atoms with Crippen LogP contribution in [0.2, 0.25) is 0 Å². The first-order valence-electron chi connectivity index (χ1n) is 9.57. The summed E-state index contributed by atoms with van der Waals surface area (Å²) in [7, 11) is 0. The summed E-state index contributed by atoms with van der Waals surface area (Å²) in [6.07, 6.45) is 0. The average molecular weight is 368 g/mol. The van der Waals surface area contributed by atoms with Gasteiger partial charge in [-0.05, 0) is 37.1 Å². The summed E-state index contributed by atoms with van der Waals surface area (Å²) >= 11 is 0. The molecule has 3 aromatic carbocycles. The number of rotatable bonds is 6. The van der Waals surface area contributed by atoms with Crippen molar-refractivity contribution in [2.75, 3.05) is 10.6 Å². The van der Waals surface area contributed by atoms with Crippen LogP contribution in [0.5, 0.6) is 0 Å². The lowest BCUT2D eigenvalue weighted by Crippen LogP contribution is -2.11. The maximum atomic E-state index is 4.77. The Morgan fingerprint density at radius 1 is 0.821 bits per heavy atom. The van der Waals surface area contributed by atoms with E-state index in [1.165, 1.54) is 16.7 Å². The molecule has 4 nitrogen and oxygen atoms in total. The number of para-hydroxylation sites is 1. The van der Waals surface area contributed by atoms with Crippen molar-refractivity contribution < 1.29 is 0 Å². The standard InChI is InChI=1S/C24H24N4/c1-17-12-14-19(15-13-17)16-25-24-27-22-11-7-6-10-21(22)23(28-24)26-18(2)20-8-4-3-5-9-20/h3-15,18H,16H2,1-2H3,(H2,25,26,27,28). The average Bonchev–Trinajstić information content (AvgIpc) is 2.74. The van der Waals surface area contributed by atoms with Crippen LogP contribution < -0.4 is 10.6 Å². The number of hydrogen-bond donors (Lipinski definition) is 2. The number of anilines is 2. The predicted octanol–water partition coefficient (Wildman–Crippen LogP) is 5.72. The Balaban J connectivity index is 1.60. The summed E-state index contributed by atoms with van der Waals surface area (Å²) < 4.78 is 0. The molecule has 0 amide bonds. The van der Waals surface area contributed by atoms with Gasteiger partial charge in [0.25, 0.3) is 0 Å². The molecule has 2 N–H and O–H groups in total. The van der Waals surface area contributed by atoms with Gasteiger partial charge in [-0.25, -0.2) is 4.98 Å². The molecule has 0 fully saturated rings. The zero-order valence-electron chi connectivity index (χ0n) is 16.2. The largest absolute Gasteiger partial charge is 0.363 e. The van der Waals surface area contributed by atoms with Crippen molar-refractivity contribution in [2.45, 2.75) is 26.4 Å². The molecular formula is C24H24N4. The lowest BCUT2D eigenvalue weighted by atomic mass is 10.1. The highest BCUT2D eigenvalue weighted by Gasteiger charge is 2.11. The second-order valence-electron chi connectivity index (χ2n) is 7.03. The minimum atomic E-state index is 0.143. The Labute approximate surface area is 165 Å². The van der Waals surface area contributed by atoms with Crippen molar-refractivity contribution in [2.24, 2.45) is 0 Å². The maximum Gasteiger partial charge on any atom is 0.225 e. The molecule has 0 bridgehead atoms. The molecule has 0 aliphatic carbocycles. The van der Waals surface area contributed by atoms with Crippen LogP contribution in [0.25, 0.3) is 10.9 Å². The third-order valence-electron chi connectivity index (χ3n) is 4.83. The van der Waals surface area contributed by atoms with Gasteiger partial charge >= 0.3 is 0 Å². The van der Waals surface area contributed by atoms with Crippen LogP contribution in [-0.4, -0.2) is 9.97 Å². The van der Waals surface area contributed by atoms with Crippen molar-refractivity contribution in [3.8, 4) is 0 Å². The third-order valence-corrected chi connectivity index (χ3v) is 4.83. The first-order valence-corrected chi connectivity index (χ1v) is 9.57. The molecule has 1 unspecified atom stereocenters. The van der Waals surface area contributed by atoms with E-state index < -0.39 is 0 Å². The van der Waals surface area contributed by atoms with Crippen LogP contribution >= 0.6 is 0 Å². The number of hydrogen-bond acceptors (Lipinski definition) is 4.